The number of hydrogen-bond acceptors (Lipinski definition) is 3. The van der Waals surface area contributed by atoms with Crippen molar-refractivity contribution in [2.24, 2.45) is 0 Å². The maximum absolute atomic E-state index is 13.6. The van der Waals surface area contributed by atoms with Crippen LogP contribution < -0.4 is 10.1 Å². The van der Waals surface area contributed by atoms with Crippen LogP contribution in [0.25, 0.3) is 0 Å². The minimum Gasteiger partial charge on any atom is -0.485 e. The maximum Gasteiger partial charge on any atom is 0.190 e. The number of methoxy groups -OCH3 is 1. The third-order valence-electron chi connectivity index (χ3n) is 2.35. The van der Waals surface area contributed by atoms with Gasteiger partial charge in [0.05, 0.1) is 6.61 Å². The molecule has 0 atom stereocenters. The zero-order valence-electron chi connectivity index (χ0n) is 10.8. The van der Waals surface area contributed by atoms with E-state index in [-0.39, 0.29) is 12.4 Å². The Bertz CT molecular complexity index is 349. The monoisotopic (exact) mass is 259 g/mol. The van der Waals surface area contributed by atoms with Gasteiger partial charge in [0.1, 0.15) is 6.61 Å². The first-order valence-electron chi connectivity index (χ1n) is 5.99. The third-order valence-corrected chi connectivity index (χ3v) is 2.35. The summed E-state index contributed by atoms with van der Waals surface area (Å²) in [4.78, 5) is 0. The fourth-order valence-electron chi connectivity index (χ4n) is 1.49. The molecule has 102 valence electrons. The summed E-state index contributed by atoms with van der Waals surface area (Å²) in [7, 11) is 1.50. The van der Waals surface area contributed by atoms with Crippen molar-refractivity contribution in [2.75, 3.05) is 26.9 Å². The zero-order valence-corrected chi connectivity index (χ0v) is 10.8. The first-order valence-corrected chi connectivity index (χ1v) is 5.99. The van der Waals surface area contributed by atoms with Crippen LogP contribution in [0.3, 0.4) is 0 Å². The van der Waals surface area contributed by atoms with Gasteiger partial charge in [0, 0.05) is 13.7 Å². The van der Waals surface area contributed by atoms with Crippen LogP contribution in [-0.4, -0.2) is 26.9 Å². The Kier molecular flexibility index (Phi) is 6.60. The summed E-state index contributed by atoms with van der Waals surface area (Å²) in [6, 6.07) is 2.57. The Balaban J connectivity index is 2.65. The van der Waals surface area contributed by atoms with Gasteiger partial charge in [0.25, 0.3) is 0 Å². The molecule has 0 unspecified atom stereocenters. The van der Waals surface area contributed by atoms with Gasteiger partial charge in [-0.05, 0) is 30.7 Å². The average Bonchev–Trinajstić information content (AvgIpc) is 2.33. The fourth-order valence-corrected chi connectivity index (χ4v) is 1.49. The molecule has 18 heavy (non-hydrogen) atoms. The van der Waals surface area contributed by atoms with Crippen LogP contribution in [0.15, 0.2) is 12.1 Å². The predicted molar refractivity (Wildman–Crippen MR) is 65.7 cm³/mol. The van der Waals surface area contributed by atoms with E-state index in [0.29, 0.717) is 18.7 Å². The topological polar surface area (TPSA) is 30.5 Å². The molecular weight excluding hydrogens is 240 g/mol. The first-order chi connectivity index (χ1) is 8.69. The summed E-state index contributed by atoms with van der Waals surface area (Å²) < 4.78 is 37.0. The highest BCUT2D eigenvalue weighted by atomic mass is 19.1. The van der Waals surface area contributed by atoms with Gasteiger partial charge in [-0.25, -0.2) is 8.78 Å². The van der Waals surface area contributed by atoms with E-state index in [2.05, 4.69) is 5.32 Å². The van der Waals surface area contributed by atoms with Crippen LogP contribution in [0.2, 0.25) is 0 Å². The number of rotatable bonds is 8. The van der Waals surface area contributed by atoms with Gasteiger partial charge in [-0.1, -0.05) is 6.92 Å². The second kappa shape index (κ2) is 8.00. The van der Waals surface area contributed by atoms with Crippen molar-refractivity contribution >= 4 is 0 Å². The highest BCUT2D eigenvalue weighted by molar-refractivity contribution is 5.31. The van der Waals surface area contributed by atoms with E-state index >= 15 is 0 Å². The van der Waals surface area contributed by atoms with E-state index in [9.17, 15) is 8.78 Å². The molecule has 0 fully saturated rings. The molecule has 0 aliphatic rings. The lowest BCUT2D eigenvalue weighted by Gasteiger charge is -2.10. The lowest BCUT2D eigenvalue weighted by Crippen LogP contribution is -2.14. The molecular formula is C13H19F2NO2. The third kappa shape index (κ3) is 4.58. The number of nitrogens with one attached hydrogen (secondary N) is 1. The zero-order chi connectivity index (χ0) is 13.4. The Morgan fingerprint density at radius 1 is 1.17 bits per heavy atom. The summed E-state index contributed by atoms with van der Waals surface area (Å²) in [6.45, 7) is 3.70. The van der Waals surface area contributed by atoms with Crippen molar-refractivity contribution in [1.29, 1.82) is 0 Å². The van der Waals surface area contributed by atoms with Gasteiger partial charge in [-0.3, -0.25) is 0 Å². The molecule has 0 heterocycles. The lowest BCUT2D eigenvalue weighted by molar-refractivity contribution is 0.141. The van der Waals surface area contributed by atoms with Crippen molar-refractivity contribution in [2.45, 2.75) is 19.9 Å². The number of hydrogen-bond donors (Lipinski definition) is 1. The van der Waals surface area contributed by atoms with Crippen molar-refractivity contribution < 1.29 is 18.3 Å². The Morgan fingerprint density at radius 3 is 2.39 bits per heavy atom. The van der Waals surface area contributed by atoms with Gasteiger partial charge in [0.15, 0.2) is 17.4 Å². The van der Waals surface area contributed by atoms with Crippen LogP contribution in [0.5, 0.6) is 5.75 Å². The summed E-state index contributed by atoms with van der Waals surface area (Å²) >= 11 is 0. The van der Waals surface area contributed by atoms with Crippen LogP contribution in [0.4, 0.5) is 8.78 Å². The highest BCUT2D eigenvalue weighted by Crippen LogP contribution is 2.23. The molecule has 0 aliphatic heterocycles. The predicted octanol–water partition coefficient (Wildman–Crippen LogP) is 2.49. The molecule has 0 radical (unpaired) electrons. The van der Waals surface area contributed by atoms with E-state index in [0.717, 1.165) is 13.0 Å². The van der Waals surface area contributed by atoms with Gasteiger partial charge in [0.2, 0.25) is 0 Å². The number of ether oxygens (including phenoxy) is 2. The minimum absolute atomic E-state index is 0.123. The molecule has 0 aliphatic carbocycles. The summed E-state index contributed by atoms with van der Waals surface area (Å²) in [6.07, 6.45) is 0.975. The van der Waals surface area contributed by atoms with E-state index < -0.39 is 11.6 Å². The molecule has 0 amide bonds. The van der Waals surface area contributed by atoms with Gasteiger partial charge >= 0.3 is 0 Å². The Labute approximate surface area is 106 Å². The molecule has 0 saturated carbocycles. The molecule has 5 heteroatoms. The Morgan fingerprint density at radius 2 is 1.83 bits per heavy atom. The molecule has 0 spiro atoms. The van der Waals surface area contributed by atoms with Crippen LogP contribution in [0, 0.1) is 11.6 Å². The van der Waals surface area contributed by atoms with Crippen molar-refractivity contribution in [1.82, 2.24) is 5.32 Å². The molecule has 0 saturated heterocycles. The maximum atomic E-state index is 13.6. The molecule has 0 bridgehead atoms. The van der Waals surface area contributed by atoms with Gasteiger partial charge in [-0.15, -0.1) is 0 Å². The lowest BCUT2D eigenvalue weighted by atomic mass is 10.2. The second-order valence-corrected chi connectivity index (χ2v) is 3.91. The molecule has 1 aromatic rings. The number of benzene rings is 1. The van der Waals surface area contributed by atoms with Gasteiger partial charge in [-0.2, -0.15) is 0 Å². The van der Waals surface area contributed by atoms with Crippen molar-refractivity contribution in [3.63, 3.8) is 0 Å². The highest BCUT2D eigenvalue weighted by Gasteiger charge is 2.12. The molecule has 1 rings (SSSR count). The summed E-state index contributed by atoms with van der Waals surface area (Å²) in [5.74, 6) is -1.70. The standard InChI is InChI=1S/C13H19F2NO2/c1-3-4-16-9-10-7-11(14)13(12(15)8-10)18-6-5-17-2/h7-8,16H,3-6,9H2,1-2H3. The van der Waals surface area contributed by atoms with E-state index in [1.807, 2.05) is 6.92 Å². The van der Waals surface area contributed by atoms with Gasteiger partial charge < -0.3 is 14.8 Å². The first kappa shape index (κ1) is 14.9. The van der Waals surface area contributed by atoms with Crippen LogP contribution in [-0.2, 0) is 11.3 Å². The van der Waals surface area contributed by atoms with Crippen LogP contribution >= 0.6 is 0 Å². The van der Waals surface area contributed by atoms with Crippen molar-refractivity contribution in [3.05, 3.63) is 29.3 Å². The fraction of sp³-hybridized carbons (Fsp3) is 0.538. The SMILES string of the molecule is CCCNCc1cc(F)c(OCCOC)c(F)c1. The minimum atomic E-state index is -0.681. The quantitative estimate of drug-likeness (QED) is 0.728. The van der Waals surface area contributed by atoms with E-state index in [1.54, 1.807) is 0 Å². The number of halogens is 2. The Hall–Kier alpha value is -1.20. The summed E-state index contributed by atoms with van der Waals surface area (Å²) in [5, 5.41) is 3.08. The second-order valence-electron chi connectivity index (χ2n) is 3.91. The van der Waals surface area contributed by atoms with Crippen molar-refractivity contribution in [3.8, 4) is 5.75 Å². The normalized spacial score (nSPS) is 10.7. The largest absolute Gasteiger partial charge is 0.485 e. The smallest absolute Gasteiger partial charge is 0.190 e. The molecule has 3 nitrogen and oxygen atoms in total. The average molecular weight is 259 g/mol. The summed E-state index contributed by atoms with van der Waals surface area (Å²) in [5.41, 5.74) is 0.567. The molecule has 1 aromatic carbocycles. The molecule has 1 N–H and O–H groups in total. The molecule has 0 aromatic heterocycles. The van der Waals surface area contributed by atoms with E-state index in [1.165, 1.54) is 19.2 Å². The van der Waals surface area contributed by atoms with Crippen LogP contribution in [0.1, 0.15) is 18.9 Å². The van der Waals surface area contributed by atoms with E-state index in [4.69, 9.17) is 9.47 Å².